The Morgan fingerprint density at radius 3 is 1.80 bits per heavy atom. The van der Waals surface area contributed by atoms with E-state index >= 15 is 0 Å². The van der Waals surface area contributed by atoms with Gasteiger partial charge in [0.1, 0.15) is 12.1 Å². The second-order valence-electron chi connectivity index (χ2n) is 2.26. The smallest absolute Gasteiger partial charge is 0.207 e. The number of nitrogens with zero attached hydrogens (tertiary/aromatic N) is 3. The van der Waals surface area contributed by atoms with Crippen LogP contribution in [0.4, 0.5) is 0 Å². The van der Waals surface area contributed by atoms with Crippen LogP contribution in [0.3, 0.4) is 0 Å². The van der Waals surface area contributed by atoms with Crippen molar-refractivity contribution in [3.8, 4) is 12.1 Å². The molecule has 0 aliphatic rings. The average molecular weight is 136 g/mol. The Morgan fingerprint density at radius 2 is 1.80 bits per heavy atom. The van der Waals surface area contributed by atoms with Gasteiger partial charge in [0.05, 0.1) is 0 Å². The zero-order chi connectivity index (χ0) is 8.20. The van der Waals surface area contributed by atoms with Crippen molar-refractivity contribution in [2.45, 2.75) is 19.4 Å². The quantitative estimate of drug-likeness (QED) is 0.583. The summed E-state index contributed by atoms with van der Waals surface area (Å²) in [5.74, 6) is -0.236. The summed E-state index contributed by atoms with van der Waals surface area (Å²) in [6.45, 7) is 3.37. The predicted octanol–water partition coefficient (Wildman–Crippen LogP) is 1.46. The van der Waals surface area contributed by atoms with Gasteiger partial charge < -0.3 is 0 Å². The lowest BCUT2D eigenvalue weighted by Gasteiger charge is -2.14. The zero-order valence-electron chi connectivity index (χ0n) is 5.92. The summed E-state index contributed by atoms with van der Waals surface area (Å²) in [7, 11) is 0. The van der Waals surface area contributed by atoms with Crippen molar-refractivity contribution in [3.05, 3.63) is 0 Å². The number of nitriles is 2. The Balaban J connectivity index is 4.74. The van der Waals surface area contributed by atoms with Crippen LogP contribution in [0, 0.1) is 34.1 Å². The summed E-state index contributed by atoms with van der Waals surface area (Å²) in [5.41, 5.74) is 5.15. The Labute approximate surface area is 59.6 Å². The molecule has 0 aliphatic carbocycles. The largest absolute Gasteiger partial charge is 0.253 e. The first-order valence-corrected chi connectivity index (χ1v) is 2.84. The maximum absolute atomic E-state index is 8.46. The molecule has 0 bridgehead atoms. The van der Waals surface area contributed by atoms with E-state index in [1.54, 1.807) is 26.0 Å². The van der Waals surface area contributed by atoms with Gasteiger partial charge in [-0.1, -0.05) is 13.8 Å². The second kappa shape index (κ2) is 2.93. The van der Waals surface area contributed by atoms with E-state index in [1.165, 1.54) is 0 Å². The molecule has 0 saturated heterocycles. The van der Waals surface area contributed by atoms with Crippen LogP contribution in [0.1, 0.15) is 13.8 Å². The first kappa shape index (κ1) is 8.58. The molecule has 0 saturated carbocycles. The molecule has 4 heteroatoms. The molecule has 1 N–H and O–H groups in total. The van der Waals surface area contributed by atoms with Gasteiger partial charge in [-0.3, -0.25) is 0 Å². The highest BCUT2D eigenvalue weighted by Gasteiger charge is 2.33. The highest BCUT2D eigenvalue weighted by Crippen LogP contribution is 2.19. The van der Waals surface area contributed by atoms with Crippen LogP contribution in [-0.2, 0) is 0 Å². The molecule has 0 radical (unpaired) electrons. The van der Waals surface area contributed by atoms with Crippen molar-refractivity contribution in [1.29, 1.82) is 16.1 Å². The van der Waals surface area contributed by atoms with Crippen LogP contribution < -0.4 is 0 Å². The highest BCUT2D eigenvalue weighted by atomic mass is 15.0. The van der Waals surface area contributed by atoms with Crippen LogP contribution in [-0.4, -0.2) is 5.54 Å². The minimum atomic E-state index is -1.47. The minimum Gasteiger partial charge on any atom is -0.207 e. The molecule has 0 unspecified atom stereocenters. The van der Waals surface area contributed by atoms with Gasteiger partial charge in [-0.05, 0) is 0 Å². The van der Waals surface area contributed by atoms with Crippen LogP contribution in [0.2, 0.25) is 0 Å². The lowest BCUT2D eigenvalue weighted by Crippen LogP contribution is -2.28. The summed E-state index contributed by atoms with van der Waals surface area (Å²) in [5, 5.41) is 19.9. The lowest BCUT2D eigenvalue weighted by molar-refractivity contribution is 0.462. The topological polar surface area (TPSA) is 83.8 Å². The molecule has 0 fully saturated rings. The Kier molecular flexibility index (Phi) is 2.52. The van der Waals surface area contributed by atoms with E-state index in [-0.39, 0.29) is 5.92 Å². The van der Waals surface area contributed by atoms with Gasteiger partial charge >= 0.3 is 0 Å². The highest BCUT2D eigenvalue weighted by molar-refractivity contribution is 5.22. The molecule has 0 aromatic carbocycles. The fraction of sp³-hybridized carbons (Fsp3) is 0.667. The molecular weight excluding hydrogens is 128 g/mol. The molecule has 52 valence electrons. The molecule has 0 atom stereocenters. The standard InChI is InChI=1S/C6H8N4/c1-5(2)6(3-7,4-8)10-9/h5,9H,1-2H3. The lowest BCUT2D eigenvalue weighted by atomic mass is 9.91. The van der Waals surface area contributed by atoms with Gasteiger partial charge in [0.15, 0.2) is 0 Å². The maximum atomic E-state index is 8.46. The van der Waals surface area contributed by atoms with Gasteiger partial charge in [0, 0.05) is 5.92 Å². The van der Waals surface area contributed by atoms with Crippen molar-refractivity contribution in [2.24, 2.45) is 11.0 Å². The molecule has 0 aliphatic heterocycles. The van der Waals surface area contributed by atoms with Gasteiger partial charge in [-0.2, -0.15) is 15.6 Å². The van der Waals surface area contributed by atoms with E-state index in [9.17, 15) is 0 Å². The van der Waals surface area contributed by atoms with E-state index in [4.69, 9.17) is 16.1 Å². The summed E-state index contributed by atoms with van der Waals surface area (Å²) >= 11 is 0. The summed E-state index contributed by atoms with van der Waals surface area (Å²) in [4.78, 5) is 0. The fourth-order valence-electron chi connectivity index (χ4n) is 0.462. The van der Waals surface area contributed by atoms with E-state index in [0.717, 1.165) is 0 Å². The fourth-order valence-corrected chi connectivity index (χ4v) is 0.462. The van der Waals surface area contributed by atoms with Crippen molar-refractivity contribution < 1.29 is 0 Å². The van der Waals surface area contributed by atoms with Crippen molar-refractivity contribution in [3.63, 3.8) is 0 Å². The van der Waals surface area contributed by atoms with Crippen LogP contribution >= 0.6 is 0 Å². The summed E-state index contributed by atoms with van der Waals surface area (Å²) < 4.78 is 0. The predicted molar refractivity (Wildman–Crippen MR) is 33.9 cm³/mol. The second-order valence-corrected chi connectivity index (χ2v) is 2.26. The Bertz CT molecular complexity index is 191. The first-order chi connectivity index (χ1) is 4.63. The maximum Gasteiger partial charge on any atom is 0.253 e. The molecule has 4 nitrogen and oxygen atoms in total. The molecule has 0 rings (SSSR count). The van der Waals surface area contributed by atoms with Crippen LogP contribution in [0.25, 0.3) is 0 Å². The van der Waals surface area contributed by atoms with Gasteiger partial charge in [-0.25, -0.2) is 5.53 Å². The number of hydrogen-bond donors (Lipinski definition) is 1. The van der Waals surface area contributed by atoms with Gasteiger partial charge in [0.25, 0.3) is 5.54 Å². The first-order valence-electron chi connectivity index (χ1n) is 2.84. The monoisotopic (exact) mass is 136 g/mol. The third kappa shape index (κ3) is 1.11. The van der Waals surface area contributed by atoms with Crippen LogP contribution in [0.15, 0.2) is 5.11 Å². The van der Waals surface area contributed by atoms with Gasteiger partial charge in [0.2, 0.25) is 0 Å². The molecule has 0 spiro atoms. The van der Waals surface area contributed by atoms with Crippen molar-refractivity contribution >= 4 is 0 Å². The number of hydrogen-bond acceptors (Lipinski definition) is 4. The summed E-state index contributed by atoms with van der Waals surface area (Å²) in [6, 6.07) is 3.40. The third-order valence-electron chi connectivity index (χ3n) is 1.35. The Hall–Kier alpha value is -1.42. The molecule has 0 aromatic heterocycles. The van der Waals surface area contributed by atoms with E-state index in [1.807, 2.05) is 0 Å². The normalized spacial score (nSPS) is 10.1. The van der Waals surface area contributed by atoms with Gasteiger partial charge in [-0.15, -0.1) is 0 Å². The van der Waals surface area contributed by atoms with E-state index < -0.39 is 5.54 Å². The molecule has 0 amide bonds. The number of nitrogens with one attached hydrogen (secondary N) is 1. The van der Waals surface area contributed by atoms with E-state index in [2.05, 4.69) is 5.11 Å². The van der Waals surface area contributed by atoms with E-state index in [0.29, 0.717) is 0 Å². The number of rotatable bonds is 2. The zero-order valence-corrected chi connectivity index (χ0v) is 5.92. The molecule has 0 aromatic rings. The SMILES string of the molecule is CC(C)C(C#N)(C#N)N=N. The van der Waals surface area contributed by atoms with Crippen molar-refractivity contribution in [2.75, 3.05) is 0 Å². The molecule has 0 heterocycles. The average Bonchev–Trinajstić information content (AvgIpc) is 1.92. The third-order valence-corrected chi connectivity index (χ3v) is 1.35. The Morgan fingerprint density at radius 1 is 1.40 bits per heavy atom. The summed E-state index contributed by atoms with van der Waals surface area (Å²) in [6.07, 6.45) is 0. The molecular formula is C6H8N4. The minimum absolute atomic E-state index is 0.236. The molecule has 10 heavy (non-hydrogen) atoms. The van der Waals surface area contributed by atoms with Crippen molar-refractivity contribution in [1.82, 2.24) is 0 Å². The van der Waals surface area contributed by atoms with Crippen LogP contribution in [0.5, 0.6) is 0 Å².